The second kappa shape index (κ2) is 16.0. The van der Waals surface area contributed by atoms with E-state index >= 15 is 0 Å². The van der Waals surface area contributed by atoms with Crippen molar-refractivity contribution in [2.24, 2.45) is 0 Å². The summed E-state index contributed by atoms with van der Waals surface area (Å²) in [6.45, 7) is 11.2. The van der Waals surface area contributed by atoms with E-state index < -0.39 is 11.7 Å². The largest absolute Gasteiger partial charge is 4.00 e. The van der Waals surface area contributed by atoms with Crippen LogP contribution in [0.2, 0.25) is 0 Å². The average molecular weight is 498 g/mol. The number of rotatable bonds is 0. The van der Waals surface area contributed by atoms with Crippen LogP contribution in [-0.2, 0) is 32.4 Å². The monoisotopic (exact) mass is 496 g/mol. The number of halogens is 3. The normalized spacial score (nSPS) is 9.26. The quantitative estimate of drug-likeness (QED) is 0.216. The number of hydrogen-bond donors (Lipinski definition) is 0. The minimum atomic E-state index is -4.18. The molecule has 0 heterocycles. The topological polar surface area (TPSA) is 0 Å². The van der Waals surface area contributed by atoms with Crippen molar-refractivity contribution in [1.29, 1.82) is 0 Å². The molecule has 4 rings (SSSR count). The summed E-state index contributed by atoms with van der Waals surface area (Å²) in [5.41, 5.74) is 2.63. The zero-order valence-corrected chi connectivity index (χ0v) is 19.7. The molecule has 0 amide bonds. The minimum Gasteiger partial charge on any atom is -0.213 e. The van der Waals surface area contributed by atoms with Gasteiger partial charge in [-0.1, -0.05) is 23.8 Å². The van der Waals surface area contributed by atoms with Gasteiger partial charge in [-0.05, 0) is 0 Å². The molecule has 4 heteroatoms. The van der Waals surface area contributed by atoms with Crippen LogP contribution in [0.5, 0.6) is 0 Å². The van der Waals surface area contributed by atoms with Gasteiger partial charge in [-0.25, -0.2) is 12.1 Å². The van der Waals surface area contributed by atoms with Crippen LogP contribution >= 0.6 is 0 Å². The van der Waals surface area contributed by atoms with Crippen molar-refractivity contribution < 1.29 is 39.4 Å². The Morgan fingerprint density at radius 2 is 0.742 bits per heavy atom. The van der Waals surface area contributed by atoms with E-state index in [4.69, 9.17) is 0 Å². The van der Waals surface area contributed by atoms with E-state index in [2.05, 4.69) is 20.8 Å². The Morgan fingerprint density at radius 1 is 0.484 bits per heavy atom. The van der Waals surface area contributed by atoms with E-state index in [1.54, 1.807) is 0 Å². The van der Waals surface area contributed by atoms with Gasteiger partial charge in [0.05, 0.1) is 0 Å². The van der Waals surface area contributed by atoms with E-state index in [1.807, 2.05) is 91.0 Å². The maximum atomic E-state index is 11.6. The predicted octanol–water partition coefficient (Wildman–Crippen LogP) is 8.03. The second-order valence-electron chi connectivity index (χ2n) is 6.13. The Morgan fingerprint density at radius 3 is 0.871 bits per heavy atom. The summed E-state index contributed by atoms with van der Waals surface area (Å²) in [7, 11) is 0. The van der Waals surface area contributed by atoms with Gasteiger partial charge in [0, 0.05) is 0 Å². The van der Waals surface area contributed by atoms with Crippen LogP contribution in [0.4, 0.5) is 13.2 Å². The molecule has 0 N–H and O–H groups in total. The summed E-state index contributed by atoms with van der Waals surface area (Å²) in [6.07, 6.45) is -4.18. The summed E-state index contributed by atoms with van der Waals surface area (Å²) in [6, 6.07) is 34.4. The van der Waals surface area contributed by atoms with Crippen LogP contribution in [0.25, 0.3) is 0 Å². The van der Waals surface area contributed by atoms with E-state index in [0.29, 0.717) is 0 Å². The molecule has 0 saturated carbocycles. The van der Waals surface area contributed by atoms with Gasteiger partial charge in [0.2, 0.25) is 0 Å². The molecule has 4 aromatic carbocycles. The molecular formula is C27H25F3Zr. The number of alkyl halides is 3. The molecule has 0 radical (unpaired) electrons. The summed E-state index contributed by atoms with van der Waals surface area (Å²) in [5.74, 6) is 0. The fourth-order valence-electron chi connectivity index (χ4n) is 2.00. The fourth-order valence-corrected chi connectivity index (χ4v) is 2.00. The SMILES string of the molecule is FC(F)(F)[c-]1cccc1.[CH2-]c1ccccc1.[CH2-]c1ccccc1.[CH2-]c1ccccc1.[Zr+4]. The van der Waals surface area contributed by atoms with E-state index in [-0.39, 0.29) is 26.2 Å². The Balaban J connectivity index is 0.000000385. The molecule has 0 aliphatic heterocycles. The molecule has 4 aromatic rings. The first kappa shape index (κ1) is 28.3. The van der Waals surface area contributed by atoms with E-state index in [9.17, 15) is 13.2 Å². The number of benzene rings is 3. The third-order valence-corrected chi connectivity index (χ3v) is 3.52. The van der Waals surface area contributed by atoms with Gasteiger partial charge in [0.1, 0.15) is 0 Å². The molecule has 0 bridgehead atoms. The minimum absolute atomic E-state index is 0. The standard InChI is InChI=1S/3C7H7.C6H4F3.Zr/c3*1-7-5-3-2-4-6-7;7-6(8,9)5-3-1-2-4-5;/h3*2-6H,1H2;1-4H;/q4*-1;+4. The van der Waals surface area contributed by atoms with Crippen LogP contribution < -0.4 is 0 Å². The van der Waals surface area contributed by atoms with Gasteiger partial charge in [-0.3, -0.25) is 0 Å². The second-order valence-corrected chi connectivity index (χ2v) is 6.13. The van der Waals surface area contributed by atoms with Crippen molar-refractivity contribution >= 4 is 0 Å². The maximum absolute atomic E-state index is 11.6. The first-order valence-electron chi connectivity index (χ1n) is 9.19. The molecular weight excluding hydrogens is 473 g/mol. The zero-order chi connectivity index (χ0) is 22.2. The van der Waals surface area contributed by atoms with Crippen LogP contribution in [0.15, 0.2) is 115 Å². The zero-order valence-electron chi connectivity index (χ0n) is 17.2. The van der Waals surface area contributed by atoms with Gasteiger partial charge in [-0.2, -0.15) is 99.2 Å². The first-order valence-corrected chi connectivity index (χ1v) is 9.19. The van der Waals surface area contributed by atoms with Crippen molar-refractivity contribution in [2.45, 2.75) is 6.18 Å². The van der Waals surface area contributed by atoms with Crippen molar-refractivity contribution in [2.75, 3.05) is 0 Å². The Hall–Kier alpha value is -2.71. The molecule has 31 heavy (non-hydrogen) atoms. The Labute approximate surface area is 203 Å². The Bertz CT molecular complexity index is 796. The molecule has 158 valence electrons. The molecule has 0 aliphatic rings. The third kappa shape index (κ3) is 14.8. The van der Waals surface area contributed by atoms with Gasteiger partial charge in [0.25, 0.3) is 0 Å². The molecule has 0 atom stereocenters. The summed E-state index contributed by atoms with van der Waals surface area (Å²) in [4.78, 5) is 0. The fraction of sp³-hybridized carbons (Fsp3) is 0.0370. The summed E-state index contributed by atoms with van der Waals surface area (Å²) in [5, 5.41) is 0. The van der Waals surface area contributed by atoms with Gasteiger partial charge < -0.3 is 0 Å². The average Bonchev–Trinajstić information content (AvgIpc) is 3.27. The van der Waals surface area contributed by atoms with Crippen LogP contribution in [-0.4, -0.2) is 0 Å². The van der Waals surface area contributed by atoms with Crippen molar-refractivity contribution in [3.8, 4) is 0 Å². The van der Waals surface area contributed by atoms with Crippen LogP contribution in [0.1, 0.15) is 22.3 Å². The third-order valence-electron chi connectivity index (χ3n) is 3.52. The molecule has 0 saturated heterocycles. The molecule has 0 aliphatic carbocycles. The maximum Gasteiger partial charge on any atom is 4.00 e. The first-order chi connectivity index (χ1) is 14.3. The molecule has 0 spiro atoms. The Kier molecular flexibility index (Phi) is 14.6. The van der Waals surface area contributed by atoms with E-state index in [0.717, 1.165) is 28.8 Å². The van der Waals surface area contributed by atoms with E-state index in [1.165, 1.54) is 12.1 Å². The number of hydrogen-bond acceptors (Lipinski definition) is 0. The summed E-state index contributed by atoms with van der Waals surface area (Å²) >= 11 is 0. The molecule has 0 unspecified atom stereocenters. The molecule has 0 nitrogen and oxygen atoms in total. The van der Waals surface area contributed by atoms with Crippen LogP contribution in [0, 0.1) is 20.8 Å². The predicted molar refractivity (Wildman–Crippen MR) is 120 cm³/mol. The van der Waals surface area contributed by atoms with Crippen molar-refractivity contribution in [1.82, 2.24) is 0 Å². The smallest absolute Gasteiger partial charge is 0.213 e. The van der Waals surface area contributed by atoms with Crippen molar-refractivity contribution in [3.05, 3.63) is 158 Å². The van der Waals surface area contributed by atoms with Gasteiger partial charge in [0.15, 0.2) is 0 Å². The summed E-state index contributed by atoms with van der Waals surface area (Å²) < 4.78 is 34.9. The molecule has 0 aromatic heterocycles. The van der Waals surface area contributed by atoms with Gasteiger partial charge in [-0.15, -0.1) is 36.4 Å². The van der Waals surface area contributed by atoms with Crippen molar-refractivity contribution in [3.63, 3.8) is 0 Å². The van der Waals surface area contributed by atoms with Gasteiger partial charge >= 0.3 is 32.4 Å². The van der Waals surface area contributed by atoms with Crippen LogP contribution in [0.3, 0.4) is 0 Å². The molecule has 0 fully saturated rings.